The number of amides is 1. The van der Waals surface area contributed by atoms with Crippen LogP contribution in [-0.4, -0.2) is 16.8 Å². The summed E-state index contributed by atoms with van der Waals surface area (Å²) < 4.78 is 0. The number of aromatic hydroxyl groups is 1. The van der Waals surface area contributed by atoms with Crippen LogP contribution < -0.4 is 5.32 Å². The Kier molecular flexibility index (Phi) is 3.67. The number of Topliss-reactive ketones (excluding diaryl/α,β-unsaturated/α-hetero) is 1. The highest BCUT2D eigenvalue weighted by Gasteiger charge is 2.29. The van der Waals surface area contributed by atoms with Crippen molar-refractivity contribution in [2.24, 2.45) is 5.92 Å². The molecule has 1 heterocycles. The van der Waals surface area contributed by atoms with Crippen molar-refractivity contribution in [1.29, 1.82) is 0 Å². The molecule has 0 aliphatic carbocycles. The third-order valence-corrected chi connectivity index (χ3v) is 4.03. The number of phenols is 1. The number of rotatable bonds is 2. The van der Waals surface area contributed by atoms with Gasteiger partial charge in [0.05, 0.1) is 5.69 Å². The molecule has 0 saturated carbocycles. The van der Waals surface area contributed by atoms with Gasteiger partial charge in [0.1, 0.15) is 5.75 Å². The van der Waals surface area contributed by atoms with E-state index < -0.39 is 5.92 Å². The Morgan fingerprint density at radius 2 is 1.86 bits per heavy atom. The fourth-order valence-electron chi connectivity index (χ4n) is 2.88. The molecule has 0 spiro atoms. The van der Waals surface area contributed by atoms with Crippen LogP contribution in [0.1, 0.15) is 27.9 Å². The first-order valence-corrected chi connectivity index (χ1v) is 7.26. The monoisotopic (exact) mass is 295 g/mol. The van der Waals surface area contributed by atoms with Crippen LogP contribution in [0.5, 0.6) is 5.75 Å². The summed E-state index contributed by atoms with van der Waals surface area (Å²) in [6, 6.07) is 12.2. The number of carbonyl (C=O) groups excluding carboxylic acids is 2. The number of fused-ring (bicyclic) bond motifs is 1. The molecule has 0 radical (unpaired) electrons. The number of aryl methyl sites for hydroxylation is 1. The average Bonchev–Trinajstić information content (AvgIpc) is 2.59. The minimum Gasteiger partial charge on any atom is -0.508 e. The van der Waals surface area contributed by atoms with E-state index in [0.29, 0.717) is 17.7 Å². The lowest BCUT2D eigenvalue weighted by atomic mass is 9.92. The zero-order chi connectivity index (χ0) is 15.7. The standard InChI is InChI=1S/C18H17NO3/c1-11-3-2-4-15-17(11)16(21)10-13(18(22)19-15)9-12-5-7-14(20)8-6-12/h2-8,13,20H,9-10H2,1H3,(H,19,22)/t13-/m1/s1. The Labute approximate surface area is 128 Å². The number of nitrogens with one attached hydrogen (secondary N) is 1. The highest BCUT2D eigenvalue weighted by molar-refractivity contribution is 6.10. The van der Waals surface area contributed by atoms with Crippen LogP contribution in [0.25, 0.3) is 0 Å². The molecule has 2 aromatic carbocycles. The first-order chi connectivity index (χ1) is 10.5. The zero-order valence-electron chi connectivity index (χ0n) is 12.3. The number of hydrogen-bond donors (Lipinski definition) is 2. The van der Waals surface area contributed by atoms with Gasteiger partial charge in [-0.05, 0) is 42.7 Å². The van der Waals surface area contributed by atoms with Gasteiger partial charge in [0.15, 0.2) is 5.78 Å². The van der Waals surface area contributed by atoms with Crippen molar-refractivity contribution >= 4 is 17.4 Å². The molecule has 1 atom stereocenters. The lowest BCUT2D eigenvalue weighted by molar-refractivity contribution is -0.119. The van der Waals surface area contributed by atoms with Crippen LogP contribution in [0.4, 0.5) is 5.69 Å². The van der Waals surface area contributed by atoms with Gasteiger partial charge in [-0.1, -0.05) is 24.3 Å². The highest BCUT2D eigenvalue weighted by Crippen LogP contribution is 2.28. The van der Waals surface area contributed by atoms with Crippen LogP contribution >= 0.6 is 0 Å². The quantitative estimate of drug-likeness (QED) is 0.894. The molecular weight excluding hydrogens is 278 g/mol. The molecule has 4 nitrogen and oxygen atoms in total. The zero-order valence-corrected chi connectivity index (χ0v) is 12.3. The second-order valence-electron chi connectivity index (χ2n) is 5.68. The fraction of sp³-hybridized carbons (Fsp3) is 0.222. The van der Waals surface area contributed by atoms with Gasteiger partial charge in [-0.2, -0.15) is 0 Å². The Morgan fingerprint density at radius 1 is 1.14 bits per heavy atom. The van der Waals surface area contributed by atoms with Crippen molar-refractivity contribution in [3.8, 4) is 5.75 Å². The molecule has 1 aliphatic heterocycles. The second-order valence-corrected chi connectivity index (χ2v) is 5.68. The van der Waals surface area contributed by atoms with E-state index in [1.54, 1.807) is 30.3 Å². The van der Waals surface area contributed by atoms with Gasteiger partial charge in [-0.3, -0.25) is 9.59 Å². The molecule has 3 rings (SSSR count). The van der Waals surface area contributed by atoms with Crippen molar-refractivity contribution in [2.45, 2.75) is 19.8 Å². The van der Waals surface area contributed by atoms with Crippen molar-refractivity contribution in [3.63, 3.8) is 0 Å². The van der Waals surface area contributed by atoms with Crippen LogP contribution in [0, 0.1) is 12.8 Å². The Bertz CT molecular complexity index is 734. The molecule has 1 aliphatic rings. The van der Waals surface area contributed by atoms with Crippen molar-refractivity contribution < 1.29 is 14.7 Å². The summed E-state index contributed by atoms with van der Waals surface area (Å²) in [5, 5.41) is 12.2. The summed E-state index contributed by atoms with van der Waals surface area (Å²) >= 11 is 0. The van der Waals surface area contributed by atoms with E-state index in [2.05, 4.69) is 5.32 Å². The lowest BCUT2D eigenvalue weighted by Crippen LogP contribution is -2.23. The van der Waals surface area contributed by atoms with Crippen molar-refractivity contribution in [2.75, 3.05) is 5.32 Å². The molecule has 2 N–H and O–H groups in total. The van der Waals surface area contributed by atoms with E-state index in [0.717, 1.165) is 11.1 Å². The van der Waals surface area contributed by atoms with E-state index in [4.69, 9.17) is 0 Å². The molecule has 22 heavy (non-hydrogen) atoms. The van der Waals surface area contributed by atoms with Crippen molar-refractivity contribution in [1.82, 2.24) is 0 Å². The summed E-state index contributed by atoms with van der Waals surface area (Å²) in [5.41, 5.74) is 3.02. The molecule has 0 unspecified atom stereocenters. The maximum Gasteiger partial charge on any atom is 0.228 e. The minimum absolute atomic E-state index is 0.00442. The predicted molar refractivity (Wildman–Crippen MR) is 84.1 cm³/mol. The molecule has 112 valence electrons. The molecule has 4 heteroatoms. The van der Waals surface area contributed by atoms with Gasteiger partial charge < -0.3 is 10.4 Å². The molecule has 1 amide bonds. The van der Waals surface area contributed by atoms with Crippen LogP contribution in [0.3, 0.4) is 0 Å². The molecule has 0 aromatic heterocycles. The van der Waals surface area contributed by atoms with Crippen LogP contribution in [-0.2, 0) is 11.2 Å². The first-order valence-electron chi connectivity index (χ1n) is 7.26. The maximum atomic E-state index is 12.5. The molecular formula is C18H17NO3. The SMILES string of the molecule is Cc1cccc2c1C(=O)C[C@@H](Cc1ccc(O)cc1)C(=O)N2. The molecule has 0 fully saturated rings. The van der Waals surface area contributed by atoms with Crippen molar-refractivity contribution in [3.05, 3.63) is 59.2 Å². The van der Waals surface area contributed by atoms with Crippen LogP contribution in [0.2, 0.25) is 0 Å². The topological polar surface area (TPSA) is 66.4 Å². The van der Waals surface area contributed by atoms with E-state index in [1.807, 2.05) is 19.1 Å². The minimum atomic E-state index is -0.399. The normalized spacial score (nSPS) is 17.6. The number of benzene rings is 2. The number of carbonyl (C=O) groups is 2. The number of anilines is 1. The van der Waals surface area contributed by atoms with E-state index in [-0.39, 0.29) is 23.9 Å². The highest BCUT2D eigenvalue weighted by atomic mass is 16.3. The van der Waals surface area contributed by atoms with Gasteiger partial charge in [-0.25, -0.2) is 0 Å². The van der Waals surface area contributed by atoms with Gasteiger partial charge in [0, 0.05) is 17.9 Å². The van der Waals surface area contributed by atoms with E-state index in [9.17, 15) is 14.7 Å². The lowest BCUT2D eigenvalue weighted by Gasteiger charge is -2.12. The van der Waals surface area contributed by atoms with Gasteiger partial charge in [-0.15, -0.1) is 0 Å². The summed E-state index contributed by atoms with van der Waals surface area (Å²) in [6.45, 7) is 1.88. The molecule has 0 saturated heterocycles. The summed E-state index contributed by atoms with van der Waals surface area (Å²) in [5.74, 6) is -0.349. The third kappa shape index (κ3) is 2.72. The largest absolute Gasteiger partial charge is 0.508 e. The second kappa shape index (κ2) is 5.64. The fourth-order valence-corrected chi connectivity index (χ4v) is 2.88. The van der Waals surface area contributed by atoms with Crippen LogP contribution in [0.15, 0.2) is 42.5 Å². The third-order valence-electron chi connectivity index (χ3n) is 4.03. The number of ketones is 1. The Hall–Kier alpha value is -2.62. The van der Waals surface area contributed by atoms with Gasteiger partial charge >= 0.3 is 0 Å². The number of hydrogen-bond acceptors (Lipinski definition) is 3. The maximum absolute atomic E-state index is 12.5. The average molecular weight is 295 g/mol. The Morgan fingerprint density at radius 3 is 2.59 bits per heavy atom. The number of phenolic OH excluding ortho intramolecular Hbond substituents is 1. The predicted octanol–water partition coefficient (Wildman–Crippen LogP) is 3.08. The molecule has 0 bridgehead atoms. The van der Waals surface area contributed by atoms with Gasteiger partial charge in [0.2, 0.25) is 5.91 Å². The smallest absolute Gasteiger partial charge is 0.228 e. The Balaban J connectivity index is 1.87. The van der Waals surface area contributed by atoms with E-state index in [1.165, 1.54) is 0 Å². The molecule has 2 aromatic rings. The summed E-state index contributed by atoms with van der Waals surface area (Å²) in [6.07, 6.45) is 0.676. The van der Waals surface area contributed by atoms with E-state index >= 15 is 0 Å². The summed E-state index contributed by atoms with van der Waals surface area (Å²) in [7, 11) is 0. The van der Waals surface area contributed by atoms with Gasteiger partial charge in [0.25, 0.3) is 0 Å². The summed E-state index contributed by atoms with van der Waals surface area (Å²) in [4.78, 5) is 24.9. The first kappa shape index (κ1) is 14.3.